The molecule has 0 rings (SSSR count). The van der Waals surface area contributed by atoms with Gasteiger partial charge in [-0.3, -0.25) is 9.59 Å². The second-order valence-electron chi connectivity index (χ2n) is 17.6. The standard InChI is InChI=1S/C53H99NO5/c1-4-7-10-13-16-19-22-24-25-26-27-28-31-34-37-40-43-46-53(58)59-49(44-41-38-35-32-29-21-18-15-12-9-6-3)47-52(57)54-50(48-55)51(56)45-42-39-36-33-30-23-20-17-14-11-8-5-2/h16,19,24-25,27-28,49-51,55-56H,4-15,17-18,20-23,26,29-48H2,1-3H3,(H,54,57)/b19-16-,25-24-,28-27-. The number of esters is 1. The number of hydrogen-bond donors (Lipinski definition) is 3. The lowest BCUT2D eigenvalue weighted by Crippen LogP contribution is -2.46. The van der Waals surface area contributed by atoms with Gasteiger partial charge in [0.25, 0.3) is 0 Å². The summed E-state index contributed by atoms with van der Waals surface area (Å²) in [4.78, 5) is 26.1. The third-order valence-corrected chi connectivity index (χ3v) is 11.7. The molecule has 0 radical (unpaired) electrons. The first kappa shape index (κ1) is 57.1. The molecule has 0 aliphatic rings. The average Bonchev–Trinajstić information content (AvgIpc) is 3.23. The van der Waals surface area contributed by atoms with Gasteiger partial charge >= 0.3 is 5.97 Å². The fraction of sp³-hybridized carbons (Fsp3) is 0.849. The molecule has 0 aromatic carbocycles. The molecule has 6 nitrogen and oxygen atoms in total. The number of carbonyl (C=O) groups is 2. The van der Waals surface area contributed by atoms with E-state index in [9.17, 15) is 19.8 Å². The summed E-state index contributed by atoms with van der Waals surface area (Å²) < 4.78 is 5.92. The Morgan fingerprint density at radius 2 is 0.864 bits per heavy atom. The first-order chi connectivity index (χ1) is 29.0. The van der Waals surface area contributed by atoms with Crippen LogP contribution in [-0.2, 0) is 14.3 Å². The van der Waals surface area contributed by atoms with E-state index in [4.69, 9.17) is 4.74 Å². The fourth-order valence-corrected chi connectivity index (χ4v) is 7.79. The minimum atomic E-state index is -0.788. The van der Waals surface area contributed by atoms with Crippen molar-refractivity contribution in [3.05, 3.63) is 36.5 Å². The van der Waals surface area contributed by atoms with Gasteiger partial charge < -0.3 is 20.3 Å². The Balaban J connectivity index is 4.55. The summed E-state index contributed by atoms with van der Waals surface area (Å²) in [6.07, 6.45) is 54.8. The van der Waals surface area contributed by atoms with E-state index in [1.165, 1.54) is 141 Å². The number of rotatable bonds is 46. The minimum Gasteiger partial charge on any atom is -0.462 e. The van der Waals surface area contributed by atoms with E-state index in [0.717, 1.165) is 77.0 Å². The first-order valence-corrected chi connectivity index (χ1v) is 25.7. The molecule has 3 N–H and O–H groups in total. The molecule has 346 valence electrons. The summed E-state index contributed by atoms with van der Waals surface area (Å²) in [5.41, 5.74) is 0. The van der Waals surface area contributed by atoms with Crippen molar-refractivity contribution in [2.24, 2.45) is 0 Å². The Morgan fingerprint density at radius 3 is 1.34 bits per heavy atom. The molecule has 0 spiro atoms. The van der Waals surface area contributed by atoms with Gasteiger partial charge in [0.15, 0.2) is 0 Å². The van der Waals surface area contributed by atoms with Crippen molar-refractivity contribution in [1.29, 1.82) is 0 Å². The van der Waals surface area contributed by atoms with Gasteiger partial charge in [0.2, 0.25) is 5.91 Å². The zero-order valence-electron chi connectivity index (χ0n) is 39.4. The Bertz CT molecular complexity index is 977. The van der Waals surface area contributed by atoms with Crippen LogP contribution >= 0.6 is 0 Å². The summed E-state index contributed by atoms with van der Waals surface area (Å²) in [6.45, 7) is 6.45. The molecule has 6 heteroatoms. The number of unbranched alkanes of at least 4 members (excludes halogenated alkanes) is 28. The molecule has 0 aromatic rings. The van der Waals surface area contributed by atoms with Crippen LogP contribution in [0.15, 0.2) is 36.5 Å². The van der Waals surface area contributed by atoms with Crippen LogP contribution in [0, 0.1) is 0 Å². The molecule has 0 bridgehead atoms. The van der Waals surface area contributed by atoms with E-state index in [1.54, 1.807) is 0 Å². The Kier molecular flexibility index (Phi) is 45.6. The van der Waals surface area contributed by atoms with Crippen molar-refractivity contribution in [1.82, 2.24) is 5.32 Å². The molecular formula is C53H99NO5. The highest BCUT2D eigenvalue weighted by Gasteiger charge is 2.24. The fourth-order valence-electron chi connectivity index (χ4n) is 7.79. The molecule has 1 amide bonds. The Labute approximate surface area is 366 Å². The van der Waals surface area contributed by atoms with Crippen LogP contribution in [0.1, 0.15) is 265 Å². The molecule has 0 heterocycles. The Morgan fingerprint density at radius 1 is 0.492 bits per heavy atom. The highest BCUT2D eigenvalue weighted by Crippen LogP contribution is 2.18. The van der Waals surface area contributed by atoms with Gasteiger partial charge in [0.1, 0.15) is 6.10 Å². The SMILES string of the molecule is CCCCC/C=C\C/C=C\C/C=C\CCCCCCC(=O)OC(CCCCCCCCCCCCC)CC(=O)NC(CO)C(O)CCCCCCCCCCCCCC. The van der Waals surface area contributed by atoms with Crippen LogP contribution in [0.3, 0.4) is 0 Å². The lowest BCUT2D eigenvalue weighted by atomic mass is 10.0. The van der Waals surface area contributed by atoms with Gasteiger partial charge in [-0.15, -0.1) is 0 Å². The van der Waals surface area contributed by atoms with E-state index in [-0.39, 0.29) is 24.9 Å². The molecule has 3 unspecified atom stereocenters. The van der Waals surface area contributed by atoms with Gasteiger partial charge in [0, 0.05) is 6.42 Å². The quantitative estimate of drug-likeness (QED) is 0.0323. The second-order valence-corrected chi connectivity index (χ2v) is 17.6. The predicted molar refractivity (Wildman–Crippen MR) is 255 cm³/mol. The largest absolute Gasteiger partial charge is 0.462 e. The number of nitrogens with one attached hydrogen (secondary N) is 1. The zero-order chi connectivity index (χ0) is 43.1. The third-order valence-electron chi connectivity index (χ3n) is 11.7. The van der Waals surface area contributed by atoms with E-state index in [2.05, 4.69) is 62.5 Å². The average molecular weight is 830 g/mol. The van der Waals surface area contributed by atoms with Crippen LogP contribution in [0.4, 0.5) is 0 Å². The van der Waals surface area contributed by atoms with Crippen LogP contribution in [0.2, 0.25) is 0 Å². The van der Waals surface area contributed by atoms with Crippen LogP contribution in [0.25, 0.3) is 0 Å². The van der Waals surface area contributed by atoms with Crippen molar-refractivity contribution in [2.75, 3.05) is 6.61 Å². The molecule has 0 aromatic heterocycles. The lowest BCUT2D eigenvalue weighted by molar-refractivity contribution is -0.151. The first-order valence-electron chi connectivity index (χ1n) is 25.7. The maximum Gasteiger partial charge on any atom is 0.306 e. The van der Waals surface area contributed by atoms with E-state index >= 15 is 0 Å². The van der Waals surface area contributed by atoms with Crippen molar-refractivity contribution in [3.8, 4) is 0 Å². The number of aliphatic hydroxyl groups excluding tert-OH is 2. The number of hydrogen-bond acceptors (Lipinski definition) is 5. The van der Waals surface area contributed by atoms with E-state index < -0.39 is 18.2 Å². The third kappa shape index (κ3) is 42.6. The minimum absolute atomic E-state index is 0.0720. The smallest absolute Gasteiger partial charge is 0.306 e. The van der Waals surface area contributed by atoms with Crippen molar-refractivity contribution >= 4 is 11.9 Å². The summed E-state index contributed by atoms with van der Waals surface area (Å²) >= 11 is 0. The van der Waals surface area contributed by atoms with Gasteiger partial charge in [-0.1, -0.05) is 224 Å². The second kappa shape index (κ2) is 47.1. The topological polar surface area (TPSA) is 95.9 Å². The van der Waals surface area contributed by atoms with E-state index in [0.29, 0.717) is 19.3 Å². The van der Waals surface area contributed by atoms with Crippen molar-refractivity contribution in [3.63, 3.8) is 0 Å². The van der Waals surface area contributed by atoms with Gasteiger partial charge in [0.05, 0.1) is 25.2 Å². The van der Waals surface area contributed by atoms with Crippen LogP contribution in [-0.4, -0.2) is 46.9 Å². The highest BCUT2D eigenvalue weighted by atomic mass is 16.5. The van der Waals surface area contributed by atoms with Gasteiger partial charge in [-0.2, -0.15) is 0 Å². The number of carbonyl (C=O) groups excluding carboxylic acids is 2. The molecule has 0 saturated heterocycles. The number of ether oxygens (including phenoxy) is 1. The van der Waals surface area contributed by atoms with Gasteiger partial charge in [-0.25, -0.2) is 0 Å². The number of allylic oxidation sites excluding steroid dienone is 6. The van der Waals surface area contributed by atoms with Crippen LogP contribution < -0.4 is 5.32 Å². The molecule has 0 aliphatic heterocycles. The predicted octanol–water partition coefficient (Wildman–Crippen LogP) is 15.3. The number of aliphatic hydroxyl groups is 2. The van der Waals surface area contributed by atoms with Crippen LogP contribution in [0.5, 0.6) is 0 Å². The molecule has 59 heavy (non-hydrogen) atoms. The van der Waals surface area contributed by atoms with Crippen molar-refractivity contribution in [2.45, 2.75) is 283 Å². The van der Waals surface area contributed by atoms with Gasteiger partial charge in [-0.05, 0) is 64.2 Å². The summed E-state index contributed by atoms with van der Waals surface area (Å²) in [5, 5.41) is 23.7. The van der Waals surface area contributed by atoms with Crippen molar-refractivity contribution < 1.29 is 24.5 Å². The summed E-state index contributed by atoms with van der Waals surface area (Å²) in [5.74, 6) is -0.490. The summed E-state index contributed by atoms with van der Waals surface area (Å²) in [6, 6.07) is -0.702. The molecular weight excluding hydrogens is 731 g/mol. The Hall–Kier alpha value is -1.92. The monoisotopic (exact) mass is 830 g/mol. The molecule has 0 fully saturated rings. The maximum atomic E-state index is 13.2. The molecule has 0 saturated carbocycles. The molecule has 3 atom stereocenters. The number of amides is 1. The summed E-state index contributed by atoms with van der Waals surface area (Å²) in [7, 11) is 0. The maximum absolute atomic E-state index is 13.2. The molecule has 0 aliphatic carbocycles. The normalized spacial score (nSPS) is 13.5. The van der Waals surface area contributed by atoms with E-state index in [1.807, 2.05) is 0 Å². The highest BCUT2D eigenvalue weighted by molar-refractivity contribution is 5.77. The zero-order valence-corrected chi connectivity index (χ0v) is 39.4. The lowest BCUT2D eigenvalue weighted by Gasteiger charge is -2.24.